The minimum atomic E-state index is -4.40. The number of methoxy groups -OCH3 is 2. The quantitative estimate of drug-likeness (QED) is 0.765. The van der Waals surface area contributed by atoms with E-state index in [0.29, 0.717) is 17.2 Å². The predicted octanol–water partition coefficient (Wildman–Crippen LogP) is 4.50. The van der Waals surface area contributed by atoms with E-state index in [1.165, 1.54) is 12.1 Å². The monoisotopic (exact) mass is 408 g/mol. The Balaban J connectivity index is 1.67. The molecule has 0 bridgehead atoms. The molecule has 0 aliphatic carbocycles. The van der Waals surface area contributed by atoms with Gasteiger partial charge in [0.05, 0.1) is 26.3 Å². The lowest BCUT2D eigenvalue weighted by atomic mass is 10.0. The van der Waals surface area contributed by atoms with Crippen LogP contribution in [0.25, 0.3) is 0 Å². The zero-order valence-corrected chi connectivity index (χ0v) is 16.3. The van der Waals surface area contributed by atoms with E-state index in [1.807, 2.05) is 23.1 Å². The smallest absolute Gasteiger partial charge is 0.416 e. The average molecular weight is 408 g/mol. The molecular weight excluding hydrogens is 385 g/mol. The van der Waals surface area contributed by atoms with Crippen molar-refractivity contribution in [3.05, 3.63) is 53.6 Å². The molecule has 1 aliphatic rings. The first-order valence-corrected chi connectivity index (χ1v) is 9.25. The van der Waals surface area contributed by atoms with Gasteiger partial charge in [0.2, 0.25) is 5.91 Å². The molecule has 5 nitrogen and oxygen atoms in total. The number of carbonyl (C=O) groups is 1. The molecule has 1 fully saturated rings. The van der Waals surface area contributed by atoms with E-state index in [9.17, 15) is 18.0 Å². The second kappa shape index (κ2) is 8.73. The molecule has 1 atom stereocenters. The molecule has 1 aliphatic heterocycles. The van der Waals surface area contributed by atoms with E-state index in [1.54, 1.807) is 14.2 Å². The molecule has 2 aromatic rings. The molecule has 0 spiro atoms. The molecule has 29 heavy (non-hydrogen) atoms. The topological polar surface area (TPSA) is 50.8 Å². The van der Waals surface area contributed by atoms with E-state index >= 15 is 0 Å². The van der Waals surface area contributed by atoms with Crippen molar-refractivity contribution in [2.24, 2.45) is 0 Å². The maximum atomic E-state index is 12.7. The van der Waals surface area contributed by atoms with Crippen molar-refractivity contribution in [3.8, 4) is 11.5 Å². The molecule has 0 aromatic heterocycles. The van der Waals surface area contributed by atoms with Gasteiger partial charge in [0.1, 0.15) is 11.5 Å². The van der Waals surface area contributed by atoms with Crippen molar-refractivity contribution in [2.75, 3.05) is 32.6 Å². The molecule has 8 heteroatoms. The number of ether oxygens (including phenoxy) is 2. The lowest BCUT2D eigenvalue weighted by Crippen LogP contribution is -2.33. The highest BCUT2D eigenvalue weighted by molar-refractivity contribution is 5.92. The van der Waals surface area contributed by atoms with Crippen molar-refractivity contribution in [2.45, 2.75) is 25.1 Å². The Kier molecular flexibility index (Phi) is 6.32. The average Bonchev–Trinajstić information content (AvgIpc) is 3.14. The standard InChI is InChI=1S/C21H23F3N2O3/c1-28-16-9-10-17(19(12-16)29-2)18-4-3-11-26(18)13-20(27)25-15-7-5-14(6-8-15)21(22,23)24/h5-10,12,18H,3-4,11,13H2,1-2H3,(H,25,27). The van der Waals surface area contributed by atoms with E-state index in [-0.39, 0.29) is 18.5 Å². The molecule has 1 heterocycles. The predicted molar refractivity (Wildman–Crippen MR) is 103 cm³/mol. The van der Waals surface area contributed by atoms with Gasteiger partial charge in [0.15, 0.2) is 0 Å². The van der Waals surface area contributed by atoms with Crippen LogP contribution in [0.3, 0.4) is 0 Å². The van der Waals surface area contributed by atoms with Crippen LogP contribution in [0, 0.1) is 0 Å². The third-order valence-corrected chi connectivity index (χ3v) is 5.01. The van der Waals surface area contributed by atoms with Crippen LogP contribution in [0.15, 0.2) is 42.5 Å². The molecule has 156 valence electrons. The highest BCUT2D eigenvalue weighted by Crippen LogP contribution is 2.38. The first kappa shape index (κ1) is 21.0. The highest BCUT2D eigenvalue weighted by Gasteiger charge is 2.31. The van der Waals surface area contributed by atoms with E-state index < -0.39 is 11.7 Å². The van der Waals surface area contributed by atoms with E-state index in [2.05, 4.69) is 5.32 Å². The molecule has 0 radical (unpaired) electrons. The summed E-state index contributed by atoms with van der Waals surface area (Å²) in [6.45, 7) is 0.890. The van der Waals surface area contributed by atoms with Crippen molar-refractivity contribution in [1.29, 1.82) is 0 Å². The van der Waals surface area contributed by atoms with Crippen LogP contribution in [0.1, 0.15) is 30.0 Å². The lowest BCUT2D eigenvalue weighted by molar-refractivity contribution is -0.137. The van der Waals surface area contributed by atoms with Gasteiger partial charge in [0.25, 0.3) is 0 Å². The molecule has 1 N–H and O–H groups in total. The van der Waals surface area contributed by atoms with Gasteiger partial charge in [0, 0.05) is 23.4 Å². The zero-order valence-electron chi connectivity index (χ0n) is 16.3. The highest BCUT2D eigenvalue weighted by atomic mass is 19.4. The number of hydrogen-bond donors (Lipinski definition) is 1. The van der Waals surface area contributed by atoms with Crippen molar-refractivity contribution < 1.29 is 27.4 Å². The number of nitrogens with one attached hydrogen (secondary N) is 1. The number of amides is 1. The number of carbonyl (C=O) groups excluding carboxylic acids is 1. The van der Waals surface area contributed by atoms with Gasteiger partial charge >= 0.3 is 6.18 Å². The van der Waals surface area contributed by atoms with Crippen LogP contribution in [0.2, 0.25) is 0 Å². The Morgan fingerprint density at radius 3 is 2.48 bits per heavy atom. The van der Waals surface area contributed by atoms with Crippen molar-refractivity contribution >= 4 is 11.6 Å². The van der Waals surface area contributed by atoms with Gasteiger partial charge in [-0.1, -0.05) is 6.07 Å². The van der Waals surface area contributed by atoms with Crippen LogP contribution in [-0.2, 0) is 11.0 Å². The summed E-state index contributed by atoms with van der Waals surface area (Å²) in [7, 11) is 3.18. The molecule has 2 aromatic carbocycles. The Morgan fingerprint density at radius 2 is 1.86 bits per heavy atom. The summed E-state index contributed by atoms with van der Waals surface area (Å²) >= 11 is 0. The van der Waals surface area contributed by atoms with Gasteiger partial charge in [-0.2, -0.15) is 13.2 Å². The third-order valence-electron chi connectivity index (χ3n) is 5.01. The summed E-state index contributed by atoms with van der Waals surface area (Å²) in [5, 5.41) is 2.67. The second-order valence-electron chi connectivity index (χ2n) is 6.86. The fourth-order valence-electron chi connectivity index (χ4n) is 3.59. The van der Waals surface area contributed by atoms with Crippen LogP contribution in [-0.4, -0.2) is 38.1 Å². The van der Waals surface area contributed by atoms with Gasteiger partial charge in [-0.3, -0.25) is 9.69 Å². The number of anilines is 1. The third kappa shape index (κ3) is 5.00. The maximum absolute atomic E-state index is 12.7. The summed E-state index contributed by atoms with van der Waals surface area (Å²) in [6, 6.07) is 10.1. The number of halogens is 3. The number of likely N-dealkylation sites (tertiary alicyclic amines) is 1. The van der Waals surface area contributed by atoms with Crippen molar-refractivity contribution in [1.82, 2.24) is 4.90 Å². The van der Waals surface area contributed by atoms with Gasteiger partial charge in [-0.25, -0.2) is 0 Å². The molecule has 1 amide bonds. The van der Waals surface area contributed by atoms with Gasteiger partial charge in [-0.05, 0) is 49.7 Å². The largest absolute Gasteiger partial charge is 0.497 e. The first-order valence-electron chi connectivity index (χ1n) is 9.25. The molecule has 1 unspecified atom stereocenters. The first-order chi connectivity index (χ1) is 13.8. The molecular formula is C21H23F3N2O3. The number of rotatable bonds is 6. The fourth-order valence-corrected chi connectivity index (χ4v) is 3.59. The number of benzene rings is 2. The van der Waals surface area contributed by atoms with E-state index in [4.69, 9.17) is 9.47 Å². The number of alkyl halides is 3. The Morgan fingerprint density at radius 1 is 1.14 bits per heavy atom. The van der Waals surface area contributed by atoms with Crippen LogP contribution >= 0.6 is 0 Å². The summed E-state index contributed by atoms with van der Waals surface area (Å²) in [5.74, 6) is 1.11. The van der Waals surface area contributed by atoms with Gasteiger partial charge < -0.3 is 14.8 Å². The Bertz CT molecular complexity index is 853. The summed E-state index contributed by atoms with van der Waals surface area (Å²) in [5.41, 5.74) is 0.565. The Hall–Kier alpha value is -2.74. The van der Waals surface area contributed by atoms with Crippen LogP contribution in [0.4, 0.5) is 18.9 Å². The van der Waals surface area contributed by atoms with Crippen molar-refractivity contribution in [3.63, 3.8) is 0 Å². The second-order valence-corrected chi connectivity index (χ2v) is 6.86. The van der Waals surface area contributed by atoms with Crippen LogP contribution < -0.4 is 14.8 Å². The fraction of sp³-hybridized carbons (Fsp3) is 0.381. The normalized spacial score (nSPS) is 17.2. The SMILES string of the molecule is COc1ccc(C2CCCN2CC(=O)Nc2ccc(C(F)(F)F)cc2)c(OC)c1. The minimum absolute atomic E-state index is 0.0224. The lowest BCUT2D eigenvalue weighted by Gasteiger charge is -2.26. The zero-order chi connectivity index (χ0) is 21.0. The van der Waals surface area contributed by atoms with E-state index in [0.717, 1.165) is 37.1 Å². The number of hydrogen-bond acceptors (Lipinski definition) is 4. The maximum Gasteiger partial charge on any atom is 0.416 e. The van der Waals surface area contributed by atoms with Gasteiger partial charge in [-0.15, -0.1) is 0 Å². The minimum Gasteiger partial charge on any atom is -0.497 e. The van der Waals surface area contributed by atoms with Crippen LogP contribution in [0.5, 0.6) is 11.5 Å². The molecule has 0 saturated carbocycles. The summed E-state index contributed by atoms with van der Waals surface area (Å²) < 4.78 is 48.7. The number of nitrogens with zero attached hydrogens (tertiary/aromatic N) is 1. The summed E-state index contributed by atoms with van der Waals surface area (Å²) in [6.07, 6.45) is -2.58. The molecule has 1 saturated heterocycles. The summed E-state index contributed by atoms with van der Waals surface area (Å²) in [4.78, 5) is 14.5. The molecule has 3 rings (SSSR count). The Labute approximate surface area is 167 Å².